The number of rotatable bonds is 7. The standard InChI is InChI=1S/C65H41NO2/c1-3-17-45(18-4-1)65(46-19-5-2-6-20-46)56-27-11-9-22-54(56)61-49(24-14-28-57(61)65)43-32-37-47(38-33-43)66(58-29-15-31-60-62(58)55-23-10-12-30-59(55)67-60)48-39-34-44(35-40-48)51-25-13-26-52-53-41-36-42-16-7-8-21-50(42)64(53)68-63(51)52/h1-41H. The Balaban J connectivity index is 0.921. The summed E-state index contributed by atoms with van der Waals surface area (Å²) >= 11 is 0. The third kappa shape index (κ3) is 5.60. The third-order valence-corrected chi connectivity index (χ3v) is 14.4. The van der Waals surface area contributed by atoms with E-state index in [0.717, 1.165) is 83.0 Å². The fraction of sp³-hybridized carbons (Fsp3) is 0.0154. The number of hydrogen-bond donors (Lipinski definition) is 0. The van der Waals surface area contributed by atoms with E-state index in [4.69, 9.17) is 8.83 Å². The molecule has 68 heavy (non-hydrogen) atoms. The van der Waals surface area contributed by atoms with Gasteiger partial charge in [-0.3, -0.25) is 0 Å². The minimum atomic E-state index is -0.469. The van der Waals surface area contributed by atoms with Crippen molar-refractivity contribution >= 4 is 71.7 Å². The summed E-state index contributed by atoms with van der Waals surface area (Å²) < 4.78 is 13.3. The highest BCUT2D eigenvalue weighted by Crippen LogP contribution is 2.58. The van der Waals surface area contributed by atoms with Crippen molar-refractivity contribution < 1.29 is 8.83 Å². The van der Waals surface area contributed by atoms with Crippen molar-refractivity contribution in [1.29, 1.82) is 0 Å². The van der Waals surface area contributed by atoms with Crippen LogP contribution < -0.4 is 4.90 Å². The number of para-hydroxylation sites is 2. The van der Waals surface area contributed by atoms with Gasteiger partial charge in [-0.1, -0.05) is 200 Å². The molecule has 318 valence electrons. The molecule has 3 nitrogen and oxygen atoms in total. The van der Waals surface area contributed by atoms with Crippen molar-refractivity contribution in [3.8, 4) is 33.4 Å². The molecular weight excluding hydrogens is 827 g/mol. The van der Waals surface area contributed by atoms with E-state index in [1.54, 1.807) is 0 Å². The van der Waals surface area contributed by atoms with Crippen molar-refractivity contribution in [2.75, 3.05) is 4.90 Å². The third-order valence-electron chi connectivity index (χ3n) is 14.4. The van der Waals surface area contributed by atoms with E-state index >= 15 is 0 Å². The summed E-state index contributed by atoms with van der Waals surface area (Å²) in [7, 11) is 0. The molecule has 0 atom stereocenters. The number of furan rings is 2. The van der Waals surface area contributed by atoms with Gasteiger partial charge >= 0.3 is 0 Å². The monoisotopic (exact) mass is 867 g/mol. The maximum absolute atomic E-state index is 6.78. The molecule has 0 saturated heterocycles. The van der Waals surface area contributed by atoms with Crippen LogP contribution in [0.2, 0.25) is 0 Å². The fourth-order valence-electron chi connectivity index (χ4n) is 11.4. The molecule has 1 aliphatic carbocycles. The van der Waals surface area contributed by atoms with E-state index in [9.17, 15) is 0 Å². The molecule has 0 radical (unpaired) electrons. The lowest BCUT2D eigenvalue weighted by Gasteiger charge is -2.34. The van der Waals surface area contributed by atoms with Gasteiger partial charge in [0.05, 0.1) is 16.5 Å². The fourth-order valence-corrected chi connectivity index (χ4v) is 11.4. The van der Waals surface area contributed by atoms with Gasteiger partial charge in [0.1, 0.15) is 22.3 Å². The molecule has 13 aromatic rings. The topological polar surface area (TPSA) is 29.5 Å². The summed E-state index contributed by atoms with van der Waals surface area (Å²) in [5, 5.41) is 6.70. The number of benzene rings is 11. The Hall–Kier alpha value is -8.92. The zero-order chi connectivity index (χ0) is 44.8. The first-order chi connectivity index (χ1) is 33.7. The molecule has 0 spiro atoms. The zero-order valence-corrected chi connectivity index (χ0v) is 36.9. The van der Waals surface area contributed by atoms with Crippen LogP contribution in [0.3, 0.4) is 0 Å². The highest BCUT2D eigenvalue weighted by atomic mass is 16.3. The maximum Gasteiger partial charge on any atom is 0.143 e. The van der Waals surface area contributed by atoms with Crippen LogP contribution >= 0.6 is 0 Å². The van der Waals surface area contributed by atoms with Crippen LogP contribution in [0.1, 0.15) is 22.3 Å². The van der Waals surface area contributed by atoms with Crippen LogP contribution in [0.4, 0.5) is 17.1 Å². The Bertz CT molecular complexity index is 4030. The molecule has 2 aromatic heterocycles. The summed E-state index contributed by atoms with van der Waals surface area (Å²) in [6.45, 7) is 0. The summed E-state index contributed by atoms with van der Waals surface area (Å²) in [5.41, 5.74) is 18.4. The molecule has 0 N–H and O–H groups in total. The van der Waals surface area contributed by atoms with Gasteiger partial charge in [0.15, 0.2) is 0 Å². The second-order valence-electron chi connectivity index (χ2n) is 17.9. The molecule has 0 aliphatic heterocycles. The average Bonchev–Trinajstić information content (AvgIpc) is 4.09. The molecule has 3 heteroatoms. The first-order valence-electron chi connectivity index (χ1n) is 23.3. The van der Waals surface area contributed by atoms with Gasteiger partial charge in [0, 0.05) is 38.5 Å². The highest BCUT2D eigenvalue weighted by molar-refractivity contribution is 6.17. The number of anilines is 3. The number of nitrogens with zero attached hydrogens (tertiary/aromatic N) is 1. The van der Waals surface area contributed by atoms with Crippen LogP contribution in [0.25, 0.3) is 88.0 Å². The van der Waals surface area contributed by atoms with Crippen LogP contribution in [0, 0.1) is 0 Å². The van der Waals surface area contributed by atoms with Crippen molar-refractivity contribution in [1.82, 2.24) is 0 Å². The Kier molecular flexibility index (Phi) is 8.50. The second kappa shape index (κ2) is 15.1. The van der Waals surface area contributed by atoms with Gasteiger partial charge in [0.25, 0.3) is 0 Å². The van der Waals surface area contributed by atoms with Crippen molar-refractivity contribution in [3.05, 3.63) is 271 Å². The molecule has 0 bridgehead atoms. The SMILES string of the molecule is c1ccc(C2(c3ccccc3)c3ccccc3-c3c(-c4ccc(N(c5ccc(-c6cccc7c6oc6c8ccccc8ccc76)cc5)c5cccc6oc7ccccc7c56)cc4)cccc32)cc1. The maximum atomic E-state index is 6.78. The van der Waals surface area contributed by atoms with Crippen molar-refractivity contribution in [3.63, 3.8) is 0 Å². The lowest BCUT2D eigenvalue weighted by atomic mass is 9.67. The van der Waals surface area contributed by atoms with Crippen LogP contribution in [-0.4, -0.2) is 0 Å². The summed E-state index contributed by atoms with van der Waals surface area (Å²) in [6.07, 6.45) is 0. The van der Waals surface area contributed by atoms with E-state index in [1.807, 2.05) is 6.07 Å². The number of hydrogen-bond acceptors (Lipinski definition) is 3. The lowest BCUT2D eigenvalue weighted by Crippen LogP contribution is -2.28. The molecule has 1 aliphatic rings. The molecule has 2 heterocycles. The molecule has 0 fully saturated rings. The van der Waals surface area contributed by atoms with E-state index in [2.05, 4.69) is 248 Å². The smallest absolute Gasteiger partial charge is 0.143 e. The predicted octanol–water partition coefficient (Wildman–Crippen LogP) is 17.8. The van der Waals surface area contributed by atoms with E-state index in [1.165, 1.54) is 44.3 Å². The Morgan fingerprint density at radius 3 is 1.63 bits per heavy atom. The van der Waals surface area contributed by atoms with Crippen LogP contribution in [0.15, 0.2) is 258 Å². The molecule has 0 amide bonds. The summed E-state index contributed by atoms with van der Waals surface area (Å²) in [6, 6.07) is 89.9. The first-order valence-corrected chi connectivity index (χ1v) is 23.3. The van der Waals surface area contributed by atoms with Gasteiger partial charge in [-0.15, -0.1) is 0 Å². The van der Waals surface area contributed by atoms with Crippen molar-refractivity contribution in [2.24, 2.45) is 0 Å². The summed E-state index contributed by atoms with van der Waals surface area (Å²) in [4.78, 5) is 2.37. The molecular formula is C65H41NO2. The minimum Gasteiger partial charge on any atom is -0.456 e. The molecule has 14 rings (SSSR count). The first kappa shape index (κ1) is 38.4. The van der Waals surface area contributed by atoms with E-state index in [0.29, 0.717) is 0 Å². The summed E-state index contributed by atoms with van der Waals surface area (Å²) in [5.74, 6) is 0. The Morgan fingerprint density at radius 2 is 0.868 bits per heavy atom. The second-order valence-corrected chi connectivity index (χ2v) is 17.9. The van der Waals surface area contributed by atoms with E-state index in [-0.39, 0.29) is 0 Å². The molecule has 0 unspecified atom stereocenters. The van der Waals surface area contributed by atoms with Crippen LogP contribution in [0.5, 0.6) is 0 Å². The predicted molar refractivity (Wildman–Crippen MR) is 281 cm³/mol. The van der Waals surface area contributed by atoms with E-state index < -0.39 is 5.41 Å². The largest absolute Gasteiger partial charge is 0.456 e. The molecule has 0 saturated carbocycles. The van der Waals surface area contributed by atoms with Gasteiger partial charge in [0.2, 0.25) is 0 Å². The quantitative estimate of drug-likeness (QED) is 0.160. The average molecular weight is 868 g/mol. The lowest BCUT2D eigenvalue weighted by molar-refractivity contribution is 0.669. The number of fused-ring (bicyclic) bond motifs is 11. The Labute approximate surface area is 393 Å². The normalized spacial score (nSPS) is 12.8. The van der Waals surface area contributed by atoms with Gasteiger partial charge < -0.3 is 13.7 Å². The van der Waals surface area contributed by atoms with Gasteiger partial charge in [-0.05, 0) is 104 Å². The zero-order valence-electron chi connectivity index (χ0n) is 36.9. The highest BCUT2D eigenvalue weighted by Gasteiger charge is 2.46. The minimum absolute atomic E-state index is 0.469. The van der Waals surface area contributed by atoms with Gasteiger partial charge in [-0.2, -0.15) is 0 Å². The van der Waals surface area contributed by atoms with Gasteiger partial charge in [-0.25, -0.2) is 0 Å². The van der Waals surface area contributed by atoms with Crippen LogP contribution in [-0.2, 0) is 5.41 Å². The Morgan fingerprint density at radius 1 is 0.324 bits per heavy atom. The molecule has 11 aromatic carbocycles. The van der Waals surface area contributed by atoms with Crippen molar-refractivity contribution in [2.45, 2.75) is 5.41 Å².